The van der Waals surface area contributed by atoms with Gasteiger partial charge >= 0.3 is 0 Å². The van der Waals surface area contributed by atoms with Gasteiger partial charge in [-0.05, 0) is 43.3 Å². The van der Waals surface area contributed by atoms with Crippen LogP contribution in [0.1, 0.15) is 38.8 Å². The van der Waals surface area contributed by atoms with Crippen LogP contribution in [0.2, 0.25) is 0 Å². The summed E-state index contributed by atoms with van der Waals surface area (Å²) in [5, 5.41) is 11.2. The first-order valence-corrected chi connectivity index (χ1v) is 9.01. The molecule has 134 valence electrons. The molecule has 0 spiro atoms. The van der Waals surface area contributed by atoms with Crippen LogP contribution in [0.4, 0.5) is 0 Å². The molecule has 3 rings (SSSR count). The number of carbonyl (C=O) groups is 1. The third-order valence-electron chi connectivity index (χ3n) is 5.00. The normalized spacial score (nSPS) is 25.5. The lowest BCUT2D eigenvalue weighted by molar-refractivity contribution is -0.136. The minimum Gasteiger partial charge on any atom is -0.341 e. The summed E-state index contributed by atoms with van der Waals surface area (Å²) >= 11 is 0. The van der Waals surface area contributed by atoms with Crippen LogP contribution in [0.25, 0.3) is 0 Å². The molecule has 0 saturated carbocycles. The van der Waals surface area contributed by atoms with Gasteiger partial charge in [0.05, 0.1) is 5.92 Å². The maximum absolute atomic E-state index is 13.0. The topological polar surface area (TPSA) is 91.2 Å². The number of hydrogen-bond donors (Lipinski definition) is 2. The van der Waals surface area contributed by atoms with Gasteiger partial charge in [-0.25, -0.2) is 10.1 Å². The first kappa shape index (κ1) is 17.2. The van der Waals surface area contributed by atoms with Crippen LogP contribution in [0.15, 0.2) is 6.33 Å². The molecule has 1 aromatic heterocycles. The van der Waals surface area contributed by atoms with Crippen molar-refractivity contribution in [1.82, 2.24) is 40.9 Å². The molecule has 9 heteroatoms. The Hall–Kier alpha value is -1.58. The van der Waals surface area contributed by atoms with Crippen LogP contribution in [0.5, 0.6) is 0 Å². The second-order valence-electron chi connectivity index (χ2n) is 6.54. The Morgan fingerprint density at radius 3 is 2.75 bits per heavy atom. The van der Waals surface area contributed by atoms with Gasteiger partial charge in [0.15, 0.2) is 0 Å². The third kappa shape index (κ3) is 4.08. The predicted octanol–water partition coefficient (Wildman–Crippen LogP) is -0.380. The number of nitrogens with zero attached hydrogens (tertiary/aromatic N) is 6. The Morgan fingerprint density at radius 2 is 2.08 bits per heavy atom. The number of carbonyl (C=O) groups excluding carboxylic acids is 1. The Kier molecular flexibility index (Phi) is 6.11. The lowest BCUT2D eigenvalue weighted by Crippen LogP contribution is -2.44. The van der Waals surface area contributed by atoms with Gasteiger partial charge in [0.1, 0.15) is 12.5 Å². The third-order valence-corrected chi connectivity index (χ3v) is 5.00. The number of hydrogen-bond acceptors (Lipinski definition) is 7. The van der Waals surface area contributed by atoms with Gasteiger partial charge in [0, 0.05) is 26.2 Å². The molecule has 2 unspecified atom stereocenters. The van der Waals surface area contributed by atoms with Gasteiger partial charge in [-0.2, -0.15) is 0 Å². The molecule has 0 aliphatic carbocycles. The zero-order valence-corrected chi connectivity index (χ0v) is 14.4. The van der Waals surface area contributed by atoms with Crippen LogP contribution in [0, 0.1) is 5.92 Å². The summed E-state index contributed by atoms with van der Waals surface area (Å²) in [4.78, 5) is 17.4. The number of likely N-dealkylation sites (N-methyl/N-ethyl adjacent to an activating group) is 1. The molecule has 1 amide bonds. The maximum Gasteiger partial charge on any atom is 0.230 e. The van der Waals surface area contributed by atoms with Gasteiger partial charge in [-0.1, -0.05) is 12.8 Å². The standard InChI is InChI=1S/C15H28N8O/c1-2-22(10-9-21-7-5-3-4-6-8-21)15(24)13-11-16-18-14(13)23-12-17-19-20-23/h12-14,16,18H,2-11H2,1H3. The Balaban J connectivity index is 1.56. The van der Waals surface area contributed by atoms with Crippen molar-refractivity contribution in [3.8, 4) is 0 Å². The molecule has 0 radical (unpaired) electrons. The van der Waals surface area contributed by atoms with Crippen LogP contribution >= 0.6 is 0 Å². The molecule has 2 N–H and O–H groups in total. The molecule has 9 nitrogen and oxygen atoms in total. The minimum absolute atomic E-state index is 0.158. The molecule has 0 bridgehead atoms. The smallest absolute Gasteiger partial charge is 0.230 e. The second-order valence-corrected chi connectivity index (χ2v) is 6.54. The first-order valence-electron chi connectivity index (χ1n) is 9.01. The zero-order valence-electron chi connectivity index (χ0n) is 14.4. The molecule has 1 aromatic rings. The number of aromatic nitrogens is 4. The second kappa shape index (κ2) is 8.50. The van der Waals surface area contributed by atoms with E-state index in [0.29, 0.717) is 6.54 Å². The van der Waals surface area contributed by atoms with Crippen molar-refractivity contribution in [2.75, 3.05) is 39.3 Å². The minimum atomic E-state index is -0.236. The van der Waals surface area contributed by atoms with E-state index in [9.17, 15) is 4.79 Å². The Morgan fingerprint density at radius 1 is 1.29 bits per heavy atom. The fourth-order valence-corrected chi connectivity index (χ4v) is 3.53. The molecule has 2 aliphatic heterocycles. The van der Waals surface area contributed by atoms with E-state index in [-0.39, 0.29) is 18.0 Å². The van der Waals surface area contributed by atoms with Gasteiger partial charge in [0.2, 0.25) is 5.91 Å². The number of nitrogens with one attached hydrogen (secondary N) is 2. The van der Waals surface area contributed by atoms with Crippen molar-refractivity contribution in [3.05, 3.63) is 6.33 Å². The van der Waals surface area contributed by atoms with Gasteiger partial charge in [-0.3, -0.25) is 10.2 Å². The van der Waals surface area contributed by atoms with Crippen LogP contribution in [-0.2, 0) is 4.79 Å². The molecule has 24 heavy (non-hydrogen) atoms. The highest BCUT2D eigenvalue weighted by molar-refractivity contribution is 5.79. The maximum atomic E-state index is 13.0. The molecule has 2 atom stereocenters. The van der Waals surface area contributed by atoms with E-state index in [1.165, 1.54) is 25.7 Å². The van der Waals surface area contributed by atoms with Crippen molar-refractivity contribution in [1.29, 1.82) is 0 Å². The highest BCUT2D eigenvalue weighted by Crippen LogP contribution is 2.20. The van der Waals surface area contributed by atoms with Crippen LogP contribution in [0.3, 0.4) is 0 Å². The van der Waals surface area contributed by atoms with E-state index in [1.54, 1.807) is 11.0 Å². The quantitative estimate of drug-likeness (QED) is 0.732. The summed E-state index contributed by atoms with van der Waals surface area (Å²) < 4.78 is 1.60. The molecule has 2 fully saturated rings. The SMILES string of the molecule is CCN(CCN1CCCCCC1)C(=O)C1CNNC1n1cnnn1. The summed E-state index contributed by atoms with van der Waals surface area (Å²) in [5.41, 5.74) is 6.16. The Bertz CT molecular complexity index is 500. The van der Waals surface area contributed by atoms with Gasteiger partial charge in [-0.15, -0.1) is 5.10 Å². The van der Waals surface area contributed by atoms with E-state index in [1.807, 2.05) is 11.8 Å². The monoisotopic (exact) mass is 336 g/mol. The van der Waals surface area contributed by atoms with Crippen molar-refractivity contribution in [3.63, 3.8) is 0 Å². The lowest BCUT2D eigenvalue weighted by atomic mass is 10.1. The predicted molar refractivity (Wildman–Crippen MR) is 88.6 cm³/mol. The summed E-state index contributed by atoms with van der Waals surface area (Å²) in [6.45, 7) is 7.42. The summed E-state index contributed by atoms with van der Waals surface area (Å²) in [5.74, 6) is -0.0390. The summed E-state index contributed by atoms with van der Waals surface area (Å²) in [6.07, 6.45) is 6.52. The molecular weight excluding hydrogens is 308 g/mol. The van der Waals surface area contributed by atoms with Crippen molar-refractivity contribution in [2.24, 2.45) is 5.92 Å². The van der Waals surface area contributed by atoms with Crippen LogP contribution < -0.4 is 10.9 Å². The average Bonchev–Trinajstić information content (AvgIpc) is 3.22. The molecule has 3 heterocycles. The average molecular weight is 336 g/mol. The largest absolute Gasteiger partial charge is 0.341 e. The highest BCUT2D eigenvalue weighted by atomic mass is 16.2. The fraction of sp³-hybridized carbons (Fsp3) is 0.867. The summed E-state index contributed by atoms with van der Waals surface area (Å²) in [7, 11) is 0. The molecule has 2 aliphatic rings. The molecule has 2 saturated heterocycles. The van der Waals surface area contributed by atoms with E-state index in [4.69, 9.17) is 0 Å². The number of likely N-dealkylation sites (tertiary alicyclic amines) is 1. The van der Waals surface area contributed by atoms with Gasteiger partial charge in [0.25, 0.3) is 0 Å². The summed E-state index contributed by atoms with van der Waals surface area (Å²) in [6, 6.07) is 0. The van der Waals surface area contributed by atoms with Crippen LogP contribution in [-0.4, -0.2) is 75.2 Å². The van der Waals surface area contributed by atoms with E-state index in [0.717, 1.165) is 32.7 Å². The molecule has 0 aromatic carbocycles. The first-order chi connectivity index (χ1) is 11.8. The Labute approximate surface area is 142 Å². The van der Waals surface area contributed by atoms with E-state index < -0.39 is 0 Å². The number of amides is 1. The van der Waals surface area contributed by atoms with Crippen molar-refractivity contribution < 1.29 is 4.79 Å². The van der Waals surface area contributed by atoms with Gasteiger partial charge < -0.3 is 9.80 Å². The van der Waals surface area contributed by atoms with E-state index >= 15 is 0 Å². The highest BCUT2D eigenvalue weighted by Gasteiger charge is 2.37. The fourth-order valence-electron chi connectivity index (χ4n) is 3.53. The zero-order chi connectivity index (χ0) is 16.8. The van der Waals surface area contributed by atoms with E-state index in [2.05, 4.69) is 31.3 Å². The van der Waals surface area contributed by atoms with Crippen molar-refractivity contribution >= 4 is 5.91 Å². The van der Waals surface area contributed by atoms with Crippen molar-refractivity contribution in [2.45, 2.75) is 38.8 Å². The molecular formula is C15H28N8O. The number of rotatable bonds is 6. The lowest BCUT2D eigenvalue weighted by Gasteiger charge is -2.29. The number of hydrazine groups is 1. The number of tetrazole rings is 1.